The largest absolute Gasteiger partial charge is 0.466 e. The first-order chi connectivity index (χ1) is 6.74. The van der Waals surface area contributed by atoms with Gasteiger partial charge in [0.2, 0.25) is 0 Å². The molecule has 0 bridgehead atoms. The third-order valence-corrected chi connectivity index (χ3v) is 1.63. The van der Waals surface area contributed by atoms with Crippen LogP contribution < -0.4 is 0 Å². The first kappa shape index (κ1) is 10.2. The Kier molecular flexibility index (Phi) is 3.61. The third kappa shape index (κ3) is 2.86. The second-order valence-corrected chi connectivity index (χ2v) is 2.59. The van der Waals surface area contributed by atoms with Crippen molar-refractivity contribution in [2.45, 2.75) is 0 Å². The SMILES string of the molecule is COC(=O)/C=C/C=C1\C=CC=CC1=O. The minimum absolute atomic E-state index is 0.0676. The van der Waals surface area contributed by atoms with E-state index < -0.39 is 5.97 Å². The van der Waals surface area contributed by atoms with E-state index in [2.05, 4.69) is 4.74 Å². The second-order valence-electron chi connectivity index (χ2n) is 2.59. The molecule has 72 valence electrons. The van der Waals surface area contributed by atoms with Gasteiger partial charge in [-0.15, -0.1) is 0 Å². The van der Waals surface area contributed by atoms with Crippen LogP contribution in [0.2, 0.25) is 0 Å². The monoisotopic (exact) mass is 190 g/mol. The fraction of sp³-hybridized carbons (Fsp3) is 0.0909. The van der Waals surface area contributed by atoms with Crippen LogP contribution in [0.25, 0.3) is 0 Å². The number of ketones is 1. The highest BCUT2D eigenvalue weighted by Crippen LogP contribution is 2.06. The second kappa shape index (κ2) is 4.97. The molecule has 0 N–H and O–H groups in total. The predicted molar refractivity (Wildman–Crippen MR) is 52.5 cm³/mol. The average Bonchev–Trinajstić information content (AvgIpc) is 2.20. The number of carbonyl (C=O) groups is 2. The first-order valence-electron chi connectivity index (χ1n) is 4.09. The highest BCUT2D eigenvalue weighted by Gasteiger charge is 2.02. The van der Waals surface area contributed by atoms with E-state index in [0.717, 1.165) is 0 Å². The Labute approximate surface area is 82.1 Å². The van der Waals surface area contributed by atoms with Crippen LogP contribution in [0, 0.1) is 0 Å². The van der Waals surface area contributed by atoms with Crippen molar-refractivity contribution in [3.05, 3.63) is 48.1 Å². The number of esters is 1. The fourth-order valence-corrected chi connectivity index (χ4v) is 0.917. The van der Waals surface area contributed by atoms with Gasteiger partial charge in [-0.2, -0.15) is 0 Å². The van der Waals surface area contributed by atoms with Gasteiger partial charge in [0.25, 0.3) is 0 Å². The van der Waals surface area contributed by atoms with Crippen molar-refractivity contribution < 1.29 is 14.3 Å². The number of allylic oxidation sites excluding steroid dienone is 7. The van der Waals surface area contributed by atoms with Crippen LogP contribution in [0.5, 0.6) is 0 Å². The van der Waals surface area contributed by atoms with E-state index in [9.17, 15) is 9.59 Å². The molecule has 0 unspecified atom stereocenters. The molecular formula is C11H10O3. The van der Waals surface area contributed by atoms with Crippen LogP contribution in [0.15, 0.2) is 48.1 Å². The lowest BCUT2D eigenvalue weighted by molar-refractivity contribution is -0.134. The van der Waals surface area contributed by atoms with Gasteiger partial charge in [0.15, 0.2) is 5.78 Å². The Balaban J connectivity index is 2.65. The Morgan fingerprint density at radius 3 is 2.71 bits per heavy atom. The number of ether oxygens (including phenoxy) is 1. The average molecular weight is 190 g/mol. The summed E-state index contributed by atoms with van der Waals surface area (Å²) in [6.45, 7) is 0. The van der Waals surface area contributed by atoms with Crippen molar-refractivity contribution in [1.29, 1.82) is 0 Å². The van der Waals surface area contributed by atoms with Crippen LogP contribution >= 0.6 is 0 Å². The summed E-state index contributed by atoms with van der Waals surface area (Å²) >= 11 is 0. The van der Waals surface area contributed by atoms with E-state index in [-0.39, 0.29) is 5.78 Å². The van der Waals surface area contributed by atoms with Crippen molar-refractivity contribution >= 4 is 11.8 Å². The summed E-state index contributed by atoms with van der Waals surface area (Å²) in [5, 5.41) is 0. The Morgan fingerprint density at radius 1 is 1.36 bits per heavy atom. The van der Waals surface area contributed by atoms with Gasteiger partial charge in [0.1, 0.15) is 0 Å². The lowest BCUT2D eigenvalue weighted by atomic mass is 10.1. The molecule has 0 saturated carbocycles. The molecule has 0 aliphatic heterocycles. The molecule has 3 heteroatoms. The Bertz CT molecular complexity index is 357. The number of rotatable bonds is 2. The minimum Gasteiger partial charge on any atom is -0.466 e. The summed E-state index contributed by atoms with van der Waals surface area (Å²) < 4.78 is 4.39. The summed E-state index contributed by atoms with van der Waals surface area (Å²) in [4.78, 5) is 21.9. The molecule has 0 aromatic heterocycles. The van der Waals surface area contributed by atoms with Crippen LogP contribution in [0.1, 0.15) is 0 Å². The van der Waals surface area contributed by atoms with Crippen molar-refractivity contribution in [2.24, 2.45) is 0 Å². The van der Waals surface area contributed by atoms with Crippen molar-refractivity contribution in [2.75, 3.05) is 7.11 Å². The molecule has 0 radical (unpaired) electrons. The number of carbonyl (C=O) groups excluding carboxylic acids is 2. The third-order valence-electron chi connectivity index (χ3n) is 1.63. The van der Waals surface area contributed by atoms with Gasteiger partial charge in [-0.1, -0.05) is 30.4 Å². The fourth-order valence-electron chi connectivity index (χ4n) is 0.917. The van der Waals surface area contributed by atoms with Crippen LogP contribution in [0.3, 0.4) is 0 Å². The summed E-state index contributed by atoms with van der Waals surface area (Å²) in [7, 11) is 1.30. The summed E-state index contributed by atoms with van der Waals surface area (Å²) in [6.07, 6.45) is 10.9. The standard InChI is InChI=1S/C11H10O3/c1-14-11(13)8-4-6-9-5-2-3-7-10(9)12/h2-8H,1H3/b8-4+,9-6+. The lowest BCUT2D eigenvalue weighted by Crippen LogP contribution is -1.98. The molecule has 0 aromatic carbocycles. The van der Waals surface area contributed by atoms with E-state index in [4.69, 9.17) is 0 Å². The molecule has 1 rings (SSSR count). The van der Waals surface area contributed by atoms with Gasteiger partial charge in [-0.3, -0.25) is 4.79 Å². The smallest absolute Gasteiger partial charge is 0.330 e. The molecule has 0 spiro atoms. The molecule has 0 saturated heterocycles. The minimum atomic E-state index is -0.440. The number of methoxy groups -OCH3 is 1. The molecule has 0 aromatic rings. The maximum Gasteiger partial charge on any atom is 0.330 e. The van der Waals surface area contributed by atoms with Crippen LogP contribution in [-0.4, -0.2) is 18.9 Å². The number of hydrogen-bond donors (Lipinski definition) is 0. The maximum atomic E-state index is 11.2. The highest BCUT2D eigenvalue weighted by atomic mass is 16.5. The van der Waals surface area contributed by atoms with Gasteiger partial charge in [0, 0.05) is 11.6 Å². The van der Waals surface area contributed by atoms with E-state index in [1.54, 1.807) is 24.3 Å². The molecule has 0 atom stereocenters. The van der Waals surface area contributed by atoms with Gasteiger partial charge < -0.3 is 4.74 Å². The van der Waals surface area contributed by atoms with Gasteiger partial charge in [0.05, 0.1) is 7.11 Å². The molecular weight excluding hydrogens is 180 g/mol. The van der Waals surface area contributed by atoms with Crippen LogP contribution in [0.4, 0.5) is 0 Å². The zero-order valence-electron chi connectivity index (χ0n) is 7.77. The van der Waals surface area contributed by atoms with Crippen molar-refractivity contribution in [1.82, 2.24) is 0 Å². The topological polar surface area (TPSA) is 43.4 Å². The highest BCUT2D eigenvalue weighted by molar-refractivity contribution is 6.07. The molecule has 0 heterocycles. The van der Waals surface area contributed by atoms with E-state index >= 15 is 0 Å². The maximum absolute atomic E-state index is 11.2. The van der Waals surface area contributed by atoms with Gasteiger partial charge in [-0.25, -0.2) is 4.79 Å². The molecule has 0 fully saturated rings. The first-order valence-corrected chi connectivity index (χ1v) is 4.09. The molecule has 1 aliphatic rings. The molecule has 3 nitrogen and oxygen atoms in total. The molecule has 14 heavy (non-hydrogen) atoms. The quantitative estimate of drug-likeness (QED) is 0.487. The lowest BCUT2D eigenvalue weighted by Gasteiger charge is -1.97. The summed E-state index contributed by atoms with van der Waals surface area (Å²) in [6, 6.07) is 0. The van der Waals surface area contributed by atoms with Crippen molar-refractivity contribution in [3.63, 3.8) is 0 Å². The molecule has 1 aliphatic carbocycles. The van der Waals surface area contributed by atoms with Crippen molar-refractivity contribution in [3.8, 4) is 0 Å². The predicted octanol–water partition coefficient (Wildman–Crippen LogP) is 1.34. The van der Waals surface area contributed by atoms with E-state index in [1.807, 2.05) is 0 Å². The van der Waals surface area contributed by atoms with Gasteiger partial charge in [-0.05, 0) is 6.08 Å². The summed E-state index contributed by atoms with van der Waals surface area (Å²) in [5.74, 6) is -0.508. The Morgan fingerprint density at radius 2 is 2.07 bits per heavy atom. The van der Waals surface area contributed by atoms with Gasteiger partial charge >= 0.3 is 5.97 Å². The summed E-state index contributed by atoms with van der Waals surface area (Å²) in [5.41, 5.74) is 0.549. The normalized spacial score (nSPS) is 18.1. The van der Waals surface area contributed by atoms with E-state index in [1.165, 1.54) is 25.3 Å². The zero-order valence-corrected chi connectivity index (χ0v) is 7.77. The Hall–Kier alpha value is -1.90. The van der Waals surface area contributed by atoms with E-state index in [0.29, 0.717) is 5.57 Å². The van der Waals surface area contributed by atoms with Crippen LogP contribution in [-0.2, 0) is 14.3 Å². The molecule has 0 amide bonds. The number of hydrogen-bond acceptors (Lipinski definition) is 3. The zero-order chi connectivity index (χ0) is 10.4.